The fourth-order valence-corrected chi connectivity index (χ4v) is 4.79. The van der Waals surface area contributed by atoms with Crippen molar-refractivity contribution in [1.29, 1.82) is 5.26 Å². The number of sulfonamides is 1. The molecule has 0 aromatic heterocycles. The summed E-state index contributed by atoms with van der Waals surface area (Å²) in [7, 11) is -3.84. The number of carbonyl (C=O) groups excluding carboxylic acids is 1. The van der Waals surface area contributed by atoms with Gasteiger partial charge < -0.3 is 4.90 Å². The maximum atomic E-state index is 12.9. The number of benzene rings is 2. The SMILES string of the molecule is Cc1cc(C(=O)N2CCN(S(=O)(=O)c3ccccc3C#N)CC2)ccc1[N+](=O)[O-]. The minimum Gasteiger partial charge on any atom is -0.336 e. The summed E-state index contributed by atoms with van der Waals surface area (Å²) in [5, 5.41) is 20.1. The highest BCUT2D eigenvalue weighted by molar-refractivity contribution is 7.89. The van der Waals surface area contributed by atoms with E-state index in [-0.39, 0.29) is 48.2 Å². The number of rotatable bonds is 4. The van der Waals surface area contributed by atoms with Crippen LogP contribution >= 0.6 is 0 Å². The number of hydrogen-bond acceptors (Lipinski definition) is 6. The van der Waals surface area contributed by atoms with E-state index in [0.29, 0.717) is 11.1 Å². The van der Waals surface area contributed by atoms with Gasteiger partial charge in [-0.2, -0.15) is 9.57 Å². The second-order valence-electron chi connectivity index (χ2n) is 6.56. The van der Waals surface area contributed by atoms with E-state index in [0.717, 1.165) is 0 Å². The van der Waals surface area contributed by atoms with Crippen LogP contribution in [-0.2, 0) is 10.0 Å². The first-order chi connectivity index (χ1) is 13.8. The molecule has 1 amide bonds. The van der Waals surface area contributed by atoms with Crippen LogP contribution in [0, 0.1) is 28.4 Å². The van der Waals surface area contributed by atoms with Gasteiger partial charge in [0.05, 0.1) is 15.4 Å². The zero-order chi connectivity index (χ0) is 21.2. The van der Waals surface area contributed by atoms with Gasteiger partial charge in [0, 0.05) is 43.4 Å². The summed E-state index contributed by atoms with van der Waals surface area (Å²) in [6, 6.07) is 12.0. The summed E-state index contributed by atoms with van der Waals surface area (Å²) >= 11 is 0. The molecule has 9 nitrogen and oxygen atoms in total. The smallest absolute Gasteiger partial charge is 0.272 e. The predicted octanol–water partition coefficient (Wildman–Crippen LogP) is 1.92. The maximum Gasteiger partial charge on any atom is 0.272 e. The lowest BCUT2D eigenvalue weighted by Gasteiger charge is -2.34. The van der Waals surface area contributed by atoms with Gasteiger partial charge in [-0.1, -0.05) is 12.1 Å². The first-order valence-corrected chi connectivity index (χ1v) is 10.2. The lowest BCUT2D eigenvalue weighted by Crippen LogP contribution is -2.50. The summed E-state index contributed by atoms with van der Waals surface area (Å²) in [4.78, 5) is 24.6. The fourth-order valence-electron chi connectivity index (χ4n) is 3.23. The third-order valence-electron chi connectivity index (χ3n) is 4.79. The summed E-state index contributed by atoms with van der Waals surface area (Å²) in [6.45, 7) is 2.12. The van der Waals surface area contributed by atoms with E-state index in [1.807, 2.05) is 6.07 Å². The summed E-state index contributed by atoms with van der Waals surface area (Å²) < 4.78 is 27.0. The molecule has 0 saturated carbocycles. The normalized spacial score (nSPS) is 15.0. The van der Waals surface area contributed by atoms with Gasteiger partial charge in [-0.05, 0) is 31.2 Å². The summed E-state index contributed by atoms with van der Waals surface area (Å²) in [5.41, 5.74) is 0.718. The second kappa shape index (κ2) is 7.98. The van der Waals surface area contributed by atoms with E-state index in [9.17, 15) is 23.3 Å². The molecule has 10 heteroatoms. The van der Waals surface area contributed by atoms with Crippen LogP contribution in [0.3, 0.4) is 0 Å². The average molecular weight is 414 g/mol. The summed E-state index contributed by atoms with van der Waals surface area (Å²) in [6.07, 6.45) is 0. The molecular weight excluding hydrogens is 396 g/mol. The fraction of sp³-hybridized carbons (Fsp3) is 0.263. The number of nitrogens with zero attached hydrogens (tertiary/aromatic N) is 4. The molecule has 0 atom stereocenters. The minimum atomic E-state index is -3.84. The summed E-state index contributed by atoms with van der Waals surface area (Å²) in [5.74, 6) is -0.308. The van der Waals surface area contributed by atoms with Crippen molar-refractivity contribution < 1.29 is 18.1 Å². The first kappa shape index (κ1) is 20.4. The molecule has 0 N–H and O–H groups in total. The van der Waals surface area contributed by atoms with Crippen LogP contribution in [0.5, 0.6) is 0 Å². The van der Waals surface area contributed by atoms with Crippen molar-refractivity contribution in [2.24, 2.45) is 0 Å². The largest absolute Gasteiger partial charge is 0.336 e. The number of piperazine rings is 1. The van der Waals surface area contributed by atoms with Crippen molar-refractivity contribution in [2.75, 3.05) is 26.2 Å². The molecule has 150 valence electrons. The molecule has 0 unspecified atom stereocenters. The molecule has 1 heterocycles. The first-order valence-electron chi connectivity index (χ1n) is 8.79. The van der Waals surface area contributed by atoms with Crippen LogP contribution in [0.15, 0.2) is 47.4 Å². The monoisotopic (exact) mass is 414 g/mol. The third kappa shape index (κ3) is 3.96. The number of nitro benzene ring substituents is 1. The maximum absolute atomic E-state index is 12.9. The Kier molecular flexibility index (Phi) is 5.63. The van der Waals surface area contributed by atoms with Gasteiger partial charge in [0.15, 0.2) is 0 Å². The molecule has 1 aliphatic rings. The van der Waals surface area contributed by atoms with Crippen LogP contribution < -0.4 is 0 Å². The van der Waals surface area contributed by atoms with Crippen LogP contribution in [-0.4, -0.2) is 54.6 Å². The highest BCUT2D eigenvalue weighted by Gasteiger charge is 2.32. The van der Waals surface area contributed by atoms with Gasteiger partial charge in [-0.15, -0.1) is 0 Å². The Morgan fingerprint density at radius 1 is 1.14 bits per heavy atom. The second-order valence-corrected chi connectivity index (χ2v) is 8.47. The highest BCUT2D eigenvalue weighted by atomic mass is 32.2. The van der Waals surface area contributed by atoms with Crippen molar-refractivity contribution >= 4 is 21.6 Å². The molecule has 3 rings (SSSR count). The molecule has 1 aliphatic heterocycles. The minimum absolute atomic E-state index is 0.0479. The van der Waals surface area contributed by atoms with E-state index < -0.39 is 14.9 Å². The van der Waals surface area contributed by atoms with Crippen LogP contribution in [0.2, 0.25) is 0 Å². The van der Waals surface area contributed by atoms with E-state index >= 15 is 0 Å². The van der Waals surface area contributed by atoms with Crippen molar-refractivity contribution in [2.45, 2.75) is 11.8 Å². The van der Waals surface area contributed by atoms with Crippen LogP contribution in [0.1, 0.15) is 21.5 Å². The van der Waals surface area contributed by atoms with Gasteiger partial charge >= 0.3 is 0 Å². The van der Waals surface area contributed by atoms with Crippen LogP contribution in [0.25, 0.3) is 0 Å². The number of carbonyl (C=O) groups is 1. The molecule has 1 saturated heterocycles. The van der Waals surface area contributed by atoms with Gasteiger partial charge in [0.2, 0.25) is 10.0 Å². The quantitative estimate of drug-likeness (QED) is 0.556. The molecule has 2 aromatic rings. The van der Waals surface area contributed by atoms with E-state index in [4.69, 9.17) is 5.26 Å². The Balaban J connectivity index is 1.73. The van der Waals surface area contributed by atoms with Crippen molar-refractivity contribution in [3.05, 3.63) is 69.3 Å². The molecule has 2 aromatic carbocycles. The number of amides is 1. The van der Waals surface area contributed by atoms with E-state index in [1.165, 1.54) is 39.5 Å². The Labute approximate surface area is 168 Å². The number of nitro groups is 1. The van der Waals surface area contributed by atoms with Gasteiger partial charge in [0.1, 0.15) is 6.07 Å². The van der Waals surface area contributed by atoms with Gasteiger partial charge in [0.25, 0.3) is 11.6 Å². The van der Waals surface area contributed by atoms with Crippen molar-refractivity contribution in [3.63, 3.8) is 0 Å². The van der Waals surface area contributed by atoms with Gasteiger partial charge in [-0.3, -0.25) is 14.9 Å². The van der Waals surface area contributed by atoms with Crippen molar-refractivity contribution in [3.8, 4) is 6.07 Å². The average Bonchev–Trinajstić information content (AvgIpc) is 2.72. The Bertz CT molecular complexity index is 1120. The number of nitriles is 1. The molecule has 0 aliphatic carbocycles. The lowest BCUT2D eigenvalue weighted by atomic mass is 10.1. The zero-order valence-electron chi connectivity index (χ0n) is 15.6. The topological polar surface area (TPSA) is 125 Å². The molecular formula is C19H18N4O5S. The van der Waals surface area contributed by atoms with Gasteiger partial charge in [-0.25, -0.2) is 8.42 Å². The molecule has 1 fully saturated rings. The van der Waals surface area contributed by atoms with Crippen molar-refractivity contribution in [1.82, 2.24) is 9.21 Å². The molecule has 0 radical (unpaired) electrons. The number of aryl methyl sites for hydroxylation is 1. The predicted molar refractivity (Wildman–Crippen MR) is 104 cm³/mol. The lowest BCUT2D eigenvalue weighted by molar-refractivity contribution is -0.385. The Morgan fingerprint density at radius 3 is 2.38 bits per heavy atom. The van der Waals surface area contributed by atoms with E-state index in [1.54, 1.807) is 19.1 Å². The highest BCUT2D eigenvalue weighted by Crippen LogP contribution is 2.23. The third-order valence-corrected chi connectivity index (χ3v) is 6.75. The number of hydrogen-bond donors (Lipinski definition) is 0. The molecule has 0 bridgehead atoms. The molecule has 0 spiro atoms. The Hall–Kier alpha value is -3.29. The molecule has 29 heavy (non-hydrogen) atoms. The van der Waals surface area contributed by atoms with Crippen LogP contribution in [0.4, 0.5) is 5.69 Å². The zero-order valence-corrected chi connectivity index (χ0v) is 16.4. The van der Waals surface area contributed by atoms with E-state index in [2.05, 4.69) is 0 Å². The Morgan fingerprint density at radius 2 is 1.79 bits per heavy atom. The standard InChI is InChI=1S/C19H18N4O5S/c1-14-12-15(6-7-17(14)23(25)26)19(24)21-8-10-22(11-9-21)29(27,28)18-5-3-2-4-16(18)13-20/h2-7,12H,8-11H2,1H3.